The van der Waals surface area contributed by atoms with E-state index < -0.39 is 0 Å². The fourth-order valence-corrected chi connectivity index (χ4v) is 3.35. The van der Waals surface area contributed by atoms with Crippen molar-refractivity contribution in [2.75, 3.05) is 0 Å². The van der Waals surface area contributed by atoms with Crippen molar-refractivity contribution in [3.63, 3.8) is 0 Å². The molecule has 0 bridgehead atoms. The molecule has 4 rings (SSSR count). The second-order valence-corrected chi connectivity index (χ2v) is 6.31. The Hall–Kier alpha value is -2.96. The molecule has 7 heteroatoms. The predicted octanol–water partition coefficient (Wildman–Crippen LogP) is 2.64. The maximum absolute atomic E-state index is 12.7. The average molecular weight is 338 g/mol. The number of ketones is 1. The highest BCUT2D eigenvalue weighted by Crippen LogP contribution is 2.29. The van der Waals surface area contributed by atoms with E-state index in [1.165, 1.54) is 0 Å². The smallest absolute Gasteiger partial charge is 0.287 e. The number of aryl methyl sites for hydroxylation is 1. The number of aromatic nitrogens is 3. The maximum atomic E-state index is 12.7. The highest BCUT2D eigenvalue weighted by atomic mass is 16.4. The summed E-state index contributed by atoms with van der Waals surface area (Å²) < 4.78 is 7.53. The number of pyridine rings is 1. The molecule has 3 heterocycles. The van der Waals surface area contributed by atoms with E-state index in [-0.39, 0.29) is 23.5 Å². The number of carbonyl (C=O) groups excluding carboxylic acids is 2. The Morgan fingerprint density at radius 2 is 2.16 bits per heavy atom. The minimum atomic E-state index is -0.359. The second-order valence-electron chi connectivity index (χ2n) is 6.31. The van der Waals surface area contributed by atoms with Crippen LogP contribution in [0.2, 0.25) is 0 Å². The van der Waals surface area contributed by atoms with Crippen molar-refractivity contribution >= 4 is 17.3 Å². The quantitative estimate of drug-likeness (QED) is 0.793. The van der Waals surface area contributed by atoms with Crippen molar-refractivity contribution in [2.24, 2.45) is 0 Å². The van der Waals surface area contributed by atoms with Crippen LogP contribution in [-0.4, -0.2) is 26.3 Å². The summed E-state index contributed by atoms with van der Waals surface area (Å²) in [4.78, 5) is 24.7. The standard InChI is InChI=1S/C18H18N4O3/c1-10-15-12(23)6-5-7-13(15)25-16(10)18(24)19-11(2)17-21-20-14-8-3-4-9-22(14)17/h3-4,8-9,11H,5-7H2,1-2H3,(H,19,24)/t11-/m1/s1. The van der Waals surface area contributed by atoms with E-state index in [1.54, 1.807) is 6.92 Å². The van der Waals surface area contributed by atoms with Crippen LogP contribution in [0.3, 0.4) is 0 Å². The molecular weight excluding hydrogens is 320 g/mol. The number of nitrogens with zero attached hydrogens (tertiary/aromatic N) is 3. The van der Waals surface area contributed by atoms with E-state index in [0.717, 1.165) is 6.42 Å². The Labute approximate surface area is 144 Å². The fraction of sp³-hybridized carbons (Fsp3) is 0.333. The lowest BCUT2D eigenvalue weighted by molar-refractivity contribution is 0.0904. The zero-order valence-electron chi connectivity index (χ0n) is 14.1. The Kier molecular flexibility index (Phi) is 3.63. The fourth-order valence-electron chi connectivity index (χ4n) is 3.35. The first-order valence-corrected chi connectivity index (χ1v) is 8.32. The Bertz CT molecular complexity index is 986. The lowest BCUT2D eigenvalue weighted by Gasteiger charge is -2.11. The number of amides is 1. The minimum absolute atomic E-state index is 0.0537. The Balaban J connectivity index is 1.61. The zero-order chi connectivity index (χ0) is 17.6. The van der Waals surface area contributed by atoms with Gasteiger partial charge in [-0.25, -0.2) is 0 Å². The molecule has 7 nitrogen and oxygen atoms in total. The highest BCUT2D eigenvalue weighted by Gasteiger charge is 2.29. The van der Waals surface area contributed by atoms with Crippen molar-refractivity contribution in [3.05, 3.63) is 52.9 Å². The van der Waals surface area contributed by atoms with E-state index in [9.17, 15) is 9.59 Å². The third kappa shape index (κ3) is 2.52. The molecule has 0 spiro atoms. The van der Waals surface area contributed by atoms with Crippen LogP contribution in [0.4, 0.5) is 0 Å². The van der Waals surface area contributed by atoms with Crippen LogP contribution < -0.4 is 5.32 Å². The first kappa shape index (κ1) is 15.6. The molecule has 0 saturated carbocycles. The average Bonchev–Trinajstić information content (AvgIpc) is 3.17. The molecule has 1 N–H and O–H groups in total. The Morgan fingerprint density at radius 1 is 1.32 bits per heavy atom. The molecule has 1 aliphatic carbocycles. The number of hydrogen-bond acceptors (Lipinski definition) is 5. The number of fused-ring (bicyclic) bond motifs is 2. The van der Waals surface area contributed by atoms with E-state index in [2.05, 4.69) is 15.5 Å². The normalized spacial score (nSPS) is 15.2. The molecule has 0 saturated heterocycles. The van der Waals surface area contributed by atoms with Crippen LogP contribution in [0.25, 0.3) is 5.65 Å². The number of nitrogens with one attached hydrogen (secondary N) is 1. The van der Waals surface area contributed by atoms with Crippen molar-refractivity contribution in [2.45, 2.75) is 39.2 Å². The van der Waals surface area contributed by atoms with E-state index in [4.69, 9.17) is 4.42 Å². The first-order chi connectivity index (χ1) is 12.1. The van der Waals surface area contributed by atoms with Gasteiger partial charge in [-0.15, -0.1) is 10.2 Å². The van der Waals surface area contributed by atoms with Gasteiger partial charge in [-0.2, -0.15) is 0 Å². The summed E-state index contributed by atoms with van der Waals surface area (Å²) in [5.41, 5.74) is 1.92. The minimum Gasteiger partial charge on any atom is -0.455 e. The third-order valence-electron chi connectivity index (χ3n) is 4.59. The van der Waals surface area contributed by atoms with Crippen molar-refractivity contribution in [3.8, 4) is 0 Å². The summed E-state index contributed by atoms with van der Waals surface area (Å²) in [5.74, 6) is 1.17. The lowest BCUT2D eigenvalue weighted by Crippen LogP contribution is -2.28. The van der Waals surface area contributed by atoms with Gasteiger partial charge in [-0.05, 0) is 32.4 Å². The predicted molar refractivity (Wildman–Crippen MR) is 89.6 cm³/mol. The molecule has 0 radical (unpaired) electrons. The molecule has 0 aromatic carbocycles. The molecule has 0 aliphatic heterocycles. The molecule has 3 aromatic rings. The summed E-state index contributed by atoms with van der Waals surface area (Å²) >= 11 is 0. The van der Waals surface area contributed by atoms with Crippen LogP contribution in [0.1, 0.15) is 63.9 Å². The van der Waals surface area contributed by atoms with Gasteiger partial charge >= 0.3 is 0 Å². The van der Waals surface area contributed by atoms with Gasteiger partial charge in [0.25, 0.3) is 5.91 Å². The van der Waals surface area contributed by atoms with Gasteiger partial charge in [-0.3, -0.25) is 14.0 Å². The zero-order valence-corrected chi connectivity index (χ0v) is 14.1. The first-order valence-electron chi connectivity index (χ1n) is 8.32. The van der Waals surface area contributed by atoms with Gasteiger partial charge in [0.1, 0.15) is 5.76 Å². The number of carbonyl (C=O) groups is 2. The van der Waals surface area contributed by atoms with E-state index in [0.29, 0.717) is 41.2 Å². The van der Waals surface area contributed by atoms with Gasteiger partial charge in [0, 0.05) is 24.6 Å². The van der Waals surface area contributed by atoms with Gasteiger partial charge in [0.2, 0.25) is 0 Å². The van der Waals surface area contributed by atoms with Crippen molar-refractivity contribution < 1.29 is 14.0 Å². The third-order valence-corrected chi connectivity index (χ3v) is 4.59. The van der Waals surface area contributed by atoms with E-state index >= 15 is 0 Å². The van der Waals surface area contributed by atoms with Crippen LogP contribution in [0.15, 0.2) is 28.8 Å². The maximum Gasteiger partial charge on any atom is 0.287 e. The van der Waals surface area contributed by atoms with Crippen LogP contribution in [0, 0.1) is 6.92 Å². The Morgan fingerprint density at radius 3 is 2.96 bits per heavy atom. The van der Waals surface area contributed by atoms with E-state index in [1.807, 2.05) is 35.7 Å². The molecule has 1 atom stereocenters. The lowest BCUT2D eigenvalue weighted by atomic mass is 9.94. The van der Waals surface area contributed by atoms with Crippen LogP contribution >= 0.6 is 0 Å². The molecule has 1 aliphatic rings. The summed E-state index contributed by atoms with van der Waals surface area (Å²) in [5, 5.41) is 11.1. The molecule has 3 aromatic heterocycles. The molecule has 25 heavy (non-hydrogen) atoms. The number of Topliss-reactive ketones (excluding diaryl/α,β-unsaturated/α-hetero) is 1. The SMILES string of the molecule is Cc1c(C(=O)N[C@H](C)c2nnc3ccccn23)oc2c1C(=O)CCC2. The second kappa shape index (κ2) is 5.84. The number of rotatable bonds is 3. The molecule has 0 fully saturated rings. The number of hydrogen-bond donors (Lipinski definition) is 1. The largest absolute Gasteiger partial charge is 0.455 e. The monoisotopic (exact) mass is 338 g/mol. The summed E-state index contributed by atoms with van der Waals surface area (Å²) in [6.45, 7) is 3.60. The van der Waals surface area contributed by atoms with Gasteiger partial charge in [0.15, 0.2) is 23.0 Å². The molecule has 1 amide bonds. The van der Waals surface area contributed by atoms with Gasteiger partial charge < -0.3 is 9.73 Å². The van der Waals surface area contributed by atoms with Crippen LogP contribution in [-0.2, 0) is 6.42 Å². The van der Waals surface area contributed by atoms with Crippen molar-refractivity contribution in [1.29, 1.82) is 0 Å². The summed E-state index contributed by atoms with van der Waals surface area (Å²) in [6, 6.07) is 5.25. The summed E-state index contributed by atoms with van der Waals surface area (Å²) in [7, 11) is 0. The van der Waals surface area contributed by atoms with Crippen LogP contribution in [0.5, 0.6) is 0 Å². The molecular formula is C18H18N4O3. The van der Waals surface area contributed by atoms with Gasteiger partial charge in [0.05, 0.1) is 11.6 Å². The number of furan rings is 1. The topological polar surface area (TPSA) is 89.5 Å². The molecule has 0 unspecified atom stereocenters. The molecule has 128 valence electrons. The van der Waals surface area contributed by atoms with Gasteiger partial charge in [-0.1, -0.05) is 6.07 Å². The highest BCUT2D eigenvalue weighted by molar-refractivity contribution is 6.03. The van der Waals surface area contributed by atoms with Crippen molar-refractivity contribution in [1.82, 2.24) is 19.9 Å². The summed E-state index contributed by atoms with van der Waals surface area (Å²) in [6.07, 6.45) is 3.82.